The lowest BCUT2D eigenvalue weighted by atomic mass is 9.79. The Morgan fingerprint density at radius 1 is 1.65 bits per heavy atom. The summed E-state index contributed by atoms with van der Waals surface area (Å²) in [6.07, 6.45) is 0. The van der Waals surface area contributed by atoms with Gasteiger partial charge >= 0.3 is 0 Å². The summed E-state index contributed by atoms with van der Waals surface area (Å²) in [4.78, 5) is 0. The summed E-state index contributed by atoms with van der Waals surface area (Å²) in [7, 11) is 0. The highest BCUT2D eigenvalue weighted by molar-refractivity contribution is 6.32. The normalized spacial score (nSPS) is 28.2. The van der Waals surface area contributed by atoms with Gasteiger partial charge in [0.2, 0.25) is 0 Å². The first-order chi connectivity index (χ1) is 8.00. The van der Waals surface area contributed by atoms with Crippen molar-refractivity contribution < 1.29 is 5.11 Å². The minimum absolute atomic E-state index is 0.0318. The smallest absolute Gasteiger partial charge is 0.139 e. The van der Waals surface area contributed by atoms with Gasteiger partial charge in [0.25, 0.3) is 0 Å². The van der Waals surface area contributed by atoms with Crippen LogP contribution in [0.1, 0.15) is 12.5 Å². The van der Waals surface area contributed by atoms with Gasteiger partial charge in [0.05, 0.1) is 5.02 Å². The Kier molecular flexibility index (Phi) is 2.99. The number of para-hydroxylation sites is 1. The largest absolute Gasteiger partial charge is 0.506 e. The van der Waals surface area contributed by atoms with Crippen molar-refractivity contribution in [3.8, 4) is 5.75 Å². The van der Waals surface area contributed by atoms with Crippen LogP contribution in [-0.4, -0.2) is 17.5 Å². The molecule has 0 aromatic heterocycles. The molecule has 1 saturated heterocycles. The van der Waals surface area contributed by atoms with Crippen LogP contribution in [0.25, 0.3) is 0 Å². The first kappa shape index (κ1) is 12.2. The number of hydrazine groups is 1. The Bertz CT molecular complexity index is 465. The summed E-state index contributed by atoms with van der Waals surface area (Å²) in [5.74, 6) is -0.0515. The molecule has 0 radical (unpaired) electrons. The van der Waals surface area contributed by atoms with E-state index in [9.17, 15) is 5.11 Å². The van der Waals surface area contributed by atoms with Crippen molar-refractivity contribution in [1.29, 1.82) is 5.41 Å². The lowest BCUT2D eigenvalue weighted by Gasteiger charge is -2.32. The molecular weight excluding hydrogens is 240 g/mol. The van der Waals surface area contributed by atoms with Gasteiger partial charge in [0.15, 0.2) is 0 Å². The van der Waals surface area contributed by atoms with E-state index in [4.69, 9.17) is 22.7 Å². The second-order valence-corrected chi connectivity index (χ2v) is 4.67. The number of phenols is 1. The maximum absolute atomic E-state index is 10.0. The fraction of sp³-hybridized carbons (Fsp3) is 0.364. The van der Waals surface area contributed by atoms with Crippen LogP contribution in [0.2, 0.25) is 5.02 Å². The van der Waals surface area contributed by atoms with E-state index in [0.717, 1.165) is 0 Å². The molecular formula is C11H15ClN4O. The van der Waals surface area contributed by atoms with E-state index in [1.165, 1.54) is 0 Å². The van der Waals surface area contributed by atoms with E-state index in [1.807, 2.05) is 6.92 Å². The summed E-state index contributed by atoms with van der Waals surface area (Å²) in [6.45, 7) is 2.61. The van der Waals surface area contributed by atoms with Crippen molar-refractivity contribution in [1.82, 2.24) is 10.9 Å². The number of aromatic hydroxyl groups is 1. The predicted octanol–water partition coefficient (Wildman–Crippen LogP) is 0.921. The van der Waals surface area contributed by atoms with E-state index in [2.05, 4.69) is 10.9 Å². The monoisotopic (exact) mass is 254 g/mol. The van der Waals surface area contributed by atoms with Gasteiger partial charge in [0.1, 0.15) is 17.1 Å². The highest BCUT2D eigenvalue weighted by Crippen LogP contribution is 2.40. The third-order valence-electron chi connectivity index (χ3n) is 3.27. The van der Waals surface area contributed by atoms with Crippen molar-refractivity contribution in [2.24, 2.45) is 11.7 Å². The molecule has 2 unspecified atom stereocenters. The zero-order valence-electron chi connectivity index (χ0n) is 9.42. The van der Waals surface area contributed by atoms with Gasteiger partial charge in [-0.1, -0.05) is 30.7 Å². The minimum atomic E-state index is -0.908. The summed E-state index contributed by atoms with van der Waals surface area (Å²) in [6, 6.07) is 5.05. The molecule has 1 aliphatic heterocycles. The zero-order valence-corrected chi connectivity index (χ0v) is 10.2. The van der Waals surface area contributed by atoms with Crippen LogP contribution < -0.4 is 16.6 Å². The van der Waals surface area contributed by atoms with Crippen LogP contribution in [0.15, 0.2) is 18.2 Å². The molecule has 1 aromatic carbocycles. The molecule has 1 aromatic rings. The van der Waals surface area contributed by atoms with Gasteiger partial charge in [0, 0.05) is 18.0 Å². The van der Waals surface area contributed by atoms with E-state index in [0.29, 0.717) is 12.1 Å². The zero-order chi connectivity index (χ0) is 12.6. The standard InChI is InChI=1S/C11H15ClN4O/c1-6-5-15-16-11(6,10(13)14)7-3-2-4-8(12)9(7)17/h2-4,6,15-17H,5H2,1H3,(H3,13,14). The molecule has 1 fully saturated rings. The number of halogens is 1. The van der Waals surface area contributed by atoms with Crippen LogP contribution in [0.4, 0.5) is 0 Å². The van der Waals surface area contributed by atoms with E-state index in [1.54, 1.807) is 18.2 Å². The van der Waals surface area contributed by atoms with Crippen LogP contribution in [-0.2, 0) is 5.54 Å². The summed E-state index contributed by atoms with van der Waals surface area (Å²) < 4.78 is 0. The highest BCUT2D eigenvalue weighted by Gasteiger charge is 2.46. The number of benzene rings is 1. The van der Waals surface area contributed by atoms with Crippen molar-refractivity contribution in [3.63, 3.8) is 0 Å². The Labute approximate surface area is 104 Å². The quantitative estimate of drug-likeness (QED) is 0.401. The topological polar surface area (TPSA) is 94.2 Å². The Hall–Kier alpha value is -1.30. The average molecular weight is 255 g/mol. The number of hydrogen-bond acceptors (Lipinski definition) is 4. The summed E-state index contributed by atoms with van der Waals surface area (Å²) >= 11 is 5.90. The number of amidine groups is 1. The molecule has 1 aliphatic rings. The molecule has 92 valence electrons. The first-order valence-corrected chi connectivity index (χ1v) is 5.70. The molecule has 0 aliphatic carbocycles. The lowest BCUT2D eigenvalue weighted by Crippen LogP contribution is -2.53. The molecule has 2 rings (SSSR count). The third kappa shape index (κ3) is 1.67. The molecule has 0 amide bonds. The second-order valence-electron chi connectivity index (χ2n) is 4.26. The van der Waals surface area contributed by atoms with Gasteiger partial charge in [-0.15, -0.1) is 0 Å². The van der Waals surface area contributed by atoms with Crippen molar-refractivity contribution in [2.75, 3.05) is 6.54 Å². The van der Waals surface area contributed by atoms with E-state index < -0.39 is 5.54 Å². The second kappa shape index (κ2) is 4.18. The van der Waals surface area contributed by atoms with Crippen LogP contribution >= 0.6 is 11.6 Å². The van der Waals surface area contributed by atoms with Gasteiger partial charge in [-0.05, 0) is 6.07 Å². The van der Waals surface area contributed by atoms with E-state index in [-0.39, 0.29) is 22.5 Å². The maximum atomic E-state index is 10.0. The van der Waals surface area contributed by atoms with Gasteiger partial charge < -0.3 is 10.8 Å². The van der Waals surface area contributed by atoms with Crippen molar-refractivity contribution in [2.45, 2.75) is 12.5 Å². The Morgan fingerprint density at radius 2 is 2.35 bits per heavy atom. The molecule has 0 saturated carbocycles. The van der Waals surface area contributed by atoms with E-state index >= 15 is 0 Å². The molecule has 1 heterocycles. The number of rotatable bonds is 2. The molecule has 5 nitrogen and oxygen atoms in total. The number of phenolic OH excluding ortho intramolecular Hbond substituents is 1. The van der Waals surface area contributed by atoms with Crippen molar-refractivity contribution in [3.05, 3.63) is 28.8 Å². The SMILES string of the molecule is CC1CNNC1(C(=N)N)c1cccc(Cl)c1O. The Balaban J connectivity index is 2.62. The maximum Gasteiger partial charge on any atom is 0.139 e. The fourth-order valence-electron chi connectivity index (χ4n) is 2.26. The molecule has 6 heteroatoms. The van der Waals surface area contributed by atoms with Gasteiger partial charge in [-0.25, -0.2) is 5.43 Å². The van der Waals surface area contributed by atoms with Crippen LogP contribution in [0, 0.1) is 11.3 Å². The minimum Gasteiger partial charge on any atom is -0.506 e. The molecule has 0 bridgehead atoms. The molecule has 2 atom stereocenters. The molecule has 17 heavy (non-hydrogen) atoms. The lowest BCUT2D eigenvalue weighted by molar-refractivity contribution is 0.380. The van der Waals surface area contributed by atoms with Crippen molar-refractivity contribution >= 4 is 17.4 Å². The van der Waals surface area contributed by atoms with Crippen LogP contribution in [0.3, 0.4) is 0 Å². The average Bonchev–Trinajstić information content (AvgIpc) is 2.65. The van der Waals surface area contributed by atoms with Gasteiger partial charge in [-0.2, -0.15) is 0 Å². The third-order valence-corrected chi connectivity index (χ3v) is 3.57. The highest BCUT2D eigenvalue weighted by atomic mass is 35.5. The van der Waals surface area contributed by atoms with Crippen LogP contribution in [0.5, 0.6) is 5.75 Å². The number of nitrogens with one attached hydrogen (secondary N) is 3. The number of hydrogen-bond donors (Lipinski definition) is 5. The summed E-state index contributed by atoms with van der Waals surface area (Å²) in [5, 5.41) is 18.1. The molecule has 0 spiro atoms. The molecule has 6 N–H and O–H groups in total. The fourth-order valence-corrected chi connectivity index (χ4v) is 2.44. The predicted molar refractivity (Wildman–Crippen MR) is 67.0 cm³/mol. The summed E-state index contributed by atoms with van der Waals surface area (Å²) in [5.41, 5.74) is 11.3. The number of nitrogens with two attached hydrogens (primary N) is 1. The Morgan fingerprint density at radius 3 is 2.88 bits per heavy atom. The first-order valence-electron chi connectivity index (χ1n) is 5.32. The van der Waals surface area contributed by atoms with Gasteiger partial charge in [-0.3, -0.25) is 10.8 Å².